The van der Waals surface area contributed by atoms with E-state index in [9.17, 15) is 19.3 Å². The van der Waals surface area contributed by atoms with Gasteiger partial charge in [0.2, 0.25) is 11.6 Å². The number of anilines is 2. The third-order valence-electron chi connectivity index (χ3n) is 2.82. The Morgan fingerprint density at radius 3 is 2.61 bits per heavy atom. The Kier molecular flexibility index (Phi) is 4.64. The minimum Gasteiger partial charge on any atom is -0.357 e. The van der Waals surface area contributed by atoms with Crippen LogP contribution in [0.15, 0.2) is 30.6 Å². The maximum Gasteiger partial charge on any atom is 0.355 e. The van der Waals surface area contributed by atoms with Gasteiger partial charge in [0.15, 0.2) is 0 Å². The van der Waals surface area contributed by atoms with Gasteiger partial charge in [-0.05, 0) is 12.1 Å². The molecule has 2 N–H and O–H groups in total. The number of nitro groups is 1. The number of hydrogen-bond donors (Lipinski definition) is 2. The minimum absolute atomic E-state index is 0.0626. The third kappa shape index (κ3) is 3.48. The molecule has 0 bridgehead atoms. The van der Waals surface area contributed by atoms with Gasteiger partial charge >= 0.3 is 5.69 Å². The van der Waals surface area contributed by atoms with Crippen molar-refractivity contribution in [3.05, 3.63) is 52.1 Å². The fourth-order valence-electron chi connectivity index (χ4n) is 1.78. The van der Waals surface area contributed by atoms with Gasteiger partial charge in [0.1, 0.15) is 12.1 Å². The second kappa shape index (κ2) is 6.64. The molecule has 10 heteroatoms. The Hall–Kier alpha value is -3.30. The molecule has 0 radical (unpaired) electrons. The van der Waals surface area contributed by atoms with Gasteiger partial charge in [-0.1, -0.05) is 12.1 Å². The summed E-state index contributed by atoms with van der Waals surface area (Å²) in [7, 11) is 3.16. The molecule has 0 fully saturated rings. The van der Waals surface area contributed by atoms with Crippen LogP contribution in [0.1, 0.15) is 10.4 Å². The number of hydrazine groups is 1. The Bertz CT molecular complexity index is 752. The smallest absolute Gasteiger partial charge is 0.355 e. The molecule has 0 atom stereocenters. The molecule has 1 amide bonds. The highest BCUT2D eigenvalue weighted by molar-refractivity contribution is 5.95. The monoisotopic (exact) mass is 320 g/mol. The van der Waals surface area contributed by atoms with Crippen molar-refractivity contribution >= 4 is 23.2 Å². The summed E-state index contributed by atoms with van der Waals surface area (Å²) in [6.07, 6.45) is 1.11. The van der Waals surface area contributed by atoms with Crippen molar-refractivity contribution < 1.29 is 14.1 Å². The predicted molar refractivity (Wildman–Crippen MR) is 80.5 cm³/mol. The summed E-state index contributed by atoms with van der Waals surface area (Å²) in [6, 6.07) is 5.35. The fourth-order valence-corrected chi connectivity index (χ4v) is 1.78. The lowest BCUT2D eigenvalue weighted by Gasteiger charge is -2.13. The molecule has 1 aromatic carbocycles. The highest BCUT2D eigenvalue weighted by Gasteiger charge is 2.24. The molecule has 120 valence electrons. The first-order valence-electron chi connectivity index (χ1n) is 6.39. The van der Waals surface area contributed by atoms with E-state index in [0.29, 0.717) is 0 Å². The molecular weight excluding hydrogens is 307 g/mol. The van der Waals surface area contributed by atoms with Gasteiger partial charge in [0.05, 0.1) is 10.5 Å². The van der Waals surface area contributed by atoms with Crippen LogP contribution in [-0.2, 0) is 0 Å². The van der Waals surface area contributed by atoms with Crippen LogP contribution in [0.5, 0.6) is 0 Å². The largest absolute Gasteiger partial charge is 0.357 e. The topological polar surface area (TPSA) is 113 Å². The molecule has 0 spiro atoms. The second-order valence-corrected chi connectivity index (χ2v) is 4.60. The molecule has 0 saturated carbocycles. The van der Waals surface area contributed by atoms with Crippen LogP contribution in [0.3, 0.4) is 0 Å². The molecule has 0 aliphatic carbocycles. The van der Waals surface area contributed by atoms with E-state index in [4.69, 9.17) is 0 Å². The Balaban J connectivity index is 2.24. The standard InChI is InChI=1S/C13H13FN6O3/c1-19(2)12-10(20(22)23)11(15-7-16-12)17-18-13(21)8-5-3-4-6-9(8)14/h3-7H,1-2H3,(H,18,21)(H,15,16,17). The molecule has 9 nitrogen and oxygen atoms in total. The van der Waals surface area contributed by atoms with E-state index in [1.165, 1.54) is 23.1 Å². The first kappa shape index (κ1) is 16.1. The van der Waals surface area contributed by atoms with Crippen LogP contribution >= 0.6 is 0 Å². The maximum atomic E-state index is 13.5. The molecule has 1 heterocycles. The lowest BCUT2D eigenvalue weighted by atomic mass is 10.2. The number of hydrogen-bond acceptors (Lipinski definition) is 7. The van der Waals surface area contributed by atoms with Crippen molar-refractivity contribution in [1.82, 2.24) is 15.4 Å². The minimum atomic E-state index is -0.789. The zero-order chi connectivity index (χ0) is 17.0. The normalized spacial score (nSPS) is 10.0. The van der Waals surface area contributed by atoms with E-state index in [1.807, 2.05) is 0 Å². The van der Waals surface area contributed by atoms with Crippen molar-refractivity contribution in [3.63, 3.8) is 0 Å². The summed E-state index contributed by atoms with van der Waals surface area (Å²) < 4.78 is 13.5. The van der Waals surface area contributed by atoms with E-state index >= 15 is 0 Å². The molecule has 0 unspecified atom stereocenters. The molecular formula is C13H13FN6O3. The average molecular weight is 320 g/mol. The summed E-state index contributed by atoms with van der Waals surface area (Å²) in [4.78, 5) is 31.4. The summed E-state index contributed by atoms with van der Waals surface area (Å²) in [5.74, 6) is -1.65. The first-order chi connectivity index (χ1) is 10.9. The Morgan fingerprint density at radius 2 is 2.00 bits per heavy atom. The van der Waals surface area contributed by atoms with E-state index in [-0.39, 0.29) is 17.2 Å². The highest BCUT2D eigenvalue weighted by Crippen LogP contribution is 2.29. The number of rotatable bonds is 5. The lowest BCUT2D eigenvalue weighted by Crippen LogP contribution is -2.31. The van der Waals surface area contributed by atoms with E-state index in [2.05, 4.69) is 20.8 Å². The van der Waals surface area contributed by atoms with E-state index in [1.54, 1.807) is 14.1 Å². The zero-order valence-corrected chi connectivity index (χ0v) is 12.3. The van der Waals surface area contributed by atoms with Crippen LogP contribution in [0.2, 0.25) is 0 Å². The van der Waals surface area contributed by atoms with Crippen molar-refractivity contribution in [3.8, 4) is 0 Å². The van der Waals surface area contributed by atoms with Gasteiger partial charge in [-0.3, -0.25) is 25.8 Å². The number of carbonyl (C=O) groups excluding carboxylic acids is 1. The van der Waals surface area contributed by atoms with Crippen LogP contribution in [0.4, 0.5) is 21.7 Å². The third-order valence-corrected chi connectivity index (χ3v) is 2.82. The van der Waals surface area contributed by atoms with Gasteiger partial charge in [0, 0.05) is 14.1 Å². The summed E-state index contributed by atoms with van der Waals surface area (Å²) in [6.45, 7) is 0. The number of benzene rings is 1. The number of nitrogens with zero attached hydrogens (tertiary/aromatic N) is 4. The Labute approximate surface area is 130 Å². The van der Waals surface area contributed by atoms with Gasteiger partial charge in [-0.25, -0.2) is 14.4 Å². The maximum absolute atomic E-state index is 13.5. The van der Waals surface area contributed by atoms with E-state index < -0.39 is 22.3 Å². The van der Waals surface area contributed by atoms with E-state index in [0.717, 1.165) is 12.4 Å². The highest BCUT2D eigenvalue weighted by atomic mass is 19.1. The summed E-state index contributed by atoms with van der Waals surface area (Å²) >= 11 is 0. The first-order valence-corrected chi connectivity index (χ1v) is 6.39. The summed E-state index contributed by atoms with van der Waals surface area (Å²) in [5.41, 5.74) is 3.89. The number of carbonyl (C=O) groups is 1. The van der Waals surface area contributed by atoms with Crippen molar-refractivity contribution in [2.24, 2.45) is 0 Å². The molecule has 2 rings (SSSR count). The Morgan fingerprint density at radius 1 is 1.30 bits per heavy atom. The average Bonchev–Trinajstić information content (AvgIpc) is 2.52. The number of halogens is 1. The fraction of sp³-hybridized carbons (Fsp3) is 0.154. The lowest BCUT2D eigenvalue weighted by molar-refractivity contribution is -0.383. The summed E-state index contributed by atoms with van der Waals surface area (Å²) in [5, 5.41) is 11.2. The van der Waals surface area contributed by atoms with Gasteiger partial charge < -0.3 is 4.90 Å². The van der Waals surface area contributed by atoms with Crippen LogP contribution in [-0.4, -0.2) is 34.9 Å². The van der Waals surface area contributed by atoms with Crippen molar-refractivity contribution in [2.45, 2.75) is 0 Å². The number of aromatic nitrogens is 2. The molecule has 2 aromatic rings. The van der Waals surface area contributed by atoms with Gasteiger partial charge in [-0.15, -0.1) is 0 Å². The van der Waals surface area contributed by atoms with Crippen LogP contribution in [0, 0.1) is 15.9 Å². The number of nitrogens with one attached hydrogen (secondary N) is 2. The molecule has 0 saturated heterocycles. The molecule has 23 heavy (non-hydrogen) atoms. The second-order valence-electron chi connectivity index (χ2n) is 4.60. The number of amides is 1. The van der Waals surface area contributed by atoms with Crippen LogP contribution < -0.4 is 15.8 Å². The van der Waals surface area contributed by atoms with Crippen molar-refractivity contribution in [2.75, 3.05) is 24.4 Å². The molecule has 1 aromatic heterocycles. The SMILES string of the molecule is CN(C)c1ncnc(NNC(=O)c2ccccc2F)c1[N+](=O)[O-]. The van der Waals surface area contributed by atoms with Crippen LogP contribution in [0.25, 0.3) is 0 Å². The zero-order valence-electron chi connectivity index (χ0n) is 12.3. The predicted octanol–water partition coefficient (Wildman–Crippen LogP) is 1.35. The quantitative estimate of drug-likeness (QED) is 0.631. The molecule has 0 aliphatic heterocycles. The van der Waals surface area contributed by atoms with Gasteiger partial charge in [0.25, 0.3) is 5.91 Å². The van der Waals surface area contributed by atoms with Crippen molar-refractivity contribution in [1.29, 1.82) is 0 Å². The molecule has 0 aliphatic rings. The van der Waals surface area contributed by atoms with Gasteiger partial charge in [-0.2, -0.15) is 0 Å².